The Hall–Kier alpha value is -3.20. The number of hydrogen-bond donors (Lipinski definition) is 0. The van der Waals surface area contributed by atoms with Gasteiger partial charge in [-0.1, -0.05) is 74.9 Å². The van der Waals surface area contributed by atoms with Crippen LogP contribution >= 0.6 is 0 Å². The number of imidazole rings is 1. The van der Waals surface area contributed by atoms with E-state index in [1.54, 1.807) is 5.56 Å². The first-order valence-electron chi connectivity index (χ1n) is 15.8. The summed E-state index contributed by atoms with van der Waals surface area (Å²) in [7, 11) is 2.29. The van der Waals surface area contributed by atoms with Crippen LogP contribution in [0.15, 0.2) is 78.9 Å². The van der Waals surface area contributed by atoms with E-state index in [1.165, 1.54) is 103 Å². The van der Waals surface area contributed by atoms with Gasteiger partial charge in [0.15, 0.2) is 0 Å². The molecule has 215 valence electrons. The molecule has 2 aliphatic carbocycles. The van der Waals surface area contributed by atoms with E-state index in [1.807, 2.05) is 12.1 Å². The van der Waals surface area contributed by atoms with Gasteiger partial charge in [0.1, 0.15) is 0 Å². The fraction of sp³-hybridized carbons (Fsp3) is 0.342. The molecule has 0 atom stereocenters. The van der Waals surface area contributed by atoms with Crippen LogP contribution in [0.5, 0.6) is 0 Å². The summed E-state index contributed by atoms with van der Waals surface area (Å²) in [4.78, 5) is 5.27. The van der Waals surface area contributed by atoms with Gasteiger partial charge in [0.05, 0.1) is 28.1 Å². The van der Waals surface area contributed by atoms with Gasteiger partial charge in [0.2, 0.25) is 0 Å². The molecule has 1 radical (unpaired) electrons. The average Bonchev–Trinajstić information content (AvgIpc) is 3.58. The van der Waals surface area contributed by atoms with Crippen molar-refractivity contribution in [3.63, 3.8) is 0 Å². The largest absolute Gasteiger partial charge is 0.342 e. The van der Waals surface area contributed by atoms with E-state index in [9.17, 15) is 0 Å². The topological polar surface area (TPSA) is 22.8 Å². The van der Waals surface area contributed by atoms with Crippen LogP contribution in [-0.4, -0.2) is 14.1 Å². The summed E-state index contributed by atoms with van der Waals surface area (Å²) in [6.07, 6.45) is 13.2. The number of aryl methyl sites for hydroxylation is 1. The van der Waals surface area contributed by atoms with Crippen LogP contribution in [0.3, 0.4) is 0 Å². The Morgan fingerprint density at radius 1 is 0.714 bits per heavy atom. The van der Waals surface area contributed by atoms with E-state index in [-0.39, 0.29) is 20.1 Å². The smallest absolute Gasteiger partial charge is 0.0774 e. The molecule has 6 aromatic rings. The van der Waals surface area contributed by atoms with Crippen LogP contribution in [0.4, 0.5) is 0 Å². The fourth-order valence-corrected chi connectivity index (χ4v) is 8.07. The molecular weight excluding hydrogens is 691 g/mol. The minimum absolute atomic E-state index is 0. The maximum Gasteiger partial charge on any atom is 0.0774 e. The maximum absolute atomic E-state index is 5.27. The van der Waals surface area contributed by atoms with E-state index < -0.39 is 0 Å². The van der Waals surface area contributed by atoms with Gasteiger partial charge in [0, 0.05) is 43.4 Å². The minimum atomic E-state index is 0. The third-order valence-corrected chi connectivity index (χ3v) is 10.0. The molecule has 2 aromatic heterocycles. The molecule has 0 bridgehead atoms. The van der Waals surface area contributed by atoms with Crippen molar-refractivity contribution in [1.29, 1.82) is 0 Å². The standard InChI is InChI=1S/C38H38N3.Ir/c1-40-33-23-13-11-21-29(33)35-30(26-15-5-2-6-16-26)25-31(27-17-7-3-8-18-27)36(37(35)40)41-34-24-14-12-22-32(34)39-38(41)28-19-9-4-10-20-28;/h4,9-14,19,21-27H,2-3,5-8,15-18H2,1H3;/q-1;. The summed E-state index contributed by atoms with van der Waals surface area (Å²) in [5.74, 6) is 2.19. The van der Waals surface area contributed by atoms with Crippen molar-refractivity contribution in [2.45, 2.75) is 76.0 Å². The predicted molar refractivity (Wildman–Crippen MR) is 171 cm³/mol. The molecule has 0 N–H and O–H groups in total. The van der Waals surface area contributed by atoms with Gasteiger partial charge in [-0.15, -0.1) is 35.9 Å². The molecule has 0 unspecified atom stereocenters. The number of benzene rings is 4. The first-order valence-corrected chi connectivity index (χ1v) is 15.8. The van der Waals surface area contributed by atoms with Crippen molar-refractivity contribution in [2.24, 2.45) is 7.05 Å². The number of hydrogen-bond acceptors (Lipinski definition) is 1. The Labute approximate surface area is 262 Å². The molecule has 2 heterocycles. The Morgan fingerprint density at radius 3 is 2.07 bits per heavy atom. The van der Waals surface area contributed by atoms with Crippen LogP contribution in [0, 0.1) is 6.07 Å². The van der Waals surface area contributed by atoms with E-state index >= 15 is 0 Å². The first-order chi connectivity index (χ1) is 20.3. The van der Waals surface area contributed by atoms with Gasteiger partial charge in [0.25, 0.3) is 0 Å². The van der Waals surface area contributed by atoms with Crippen molar-refractivity contribution in [3.05, 3.63) is 96.1 Å². The van der Waals surface area contributed by atoms with E-state index in [0.29, 0.717) is 11.8 Å². The van der Waals surface area contributed by atoms with Crippen LogP contribution in [-0.2, 0) is 27.2 Å². The number of rotatable bonds is 4. The van der Waals surface area contributed by atoms with Gasteiger partial charge >= 0.3 is 0 Å². The second kappa shape index (κ2) is 11.5. The summed E-state index contributed by atoms with van der Waals surface area (Å²) in [5.41, 5.74) is 10.4. The Kier molecular flexibility index (Phi) is 7.54. The monoisotopic (exact) mass is 729 g/mol. The SMILES string of the molecule is Cn1c2ccccc2c2c(C3CCCCC3)cc(C3CCCCC3)c(-n3c(-c4[c-]cccc4)nc4ccccc43)c21.[Ir]. The molecule has 8 rings (SSSR count). The molecule has 2 fully saturated rings. The summed E-state index contributed by atoms with van der Waals surface area (Å²) in [5, 5.41) is 2.85. The Bertz CT molecular complexity index is 1870. The molecule has 0 aliphatic heterocycles. The van der Waals surface area contributed by atoms with Crippen LogP contribution in [0.1, 0.15) is 87.2 Å². The van der Waals surface area contributed by atoms with Gasteiger partial charge < -0.3 is 9.13 Å². The molecule has 0 amide bonds. The second-order valence-corrected chi connectivity index (χ2v) is 12.4. The summed E-state index contributed by atoms with van der Waals surface area (Å²) < 4.78 is 4.99. The molecule has 4 aromatic carbocycles. The van der Waals surface area contributed by atoms with Crippen molar-refractivity contribution < 1.29 is 20.1 Å². The van der Waals surface area contributed by atoms with Crippen LogP contribution < -0.4 is 0 Å². The summed E-state index contributed by atoms with van der Waals surface area (Å²) in [6, 6.07) is 32.3. The van der Waals surface area contributed by atoms with Crippen LogP contribution in [0.25, 0.3) is 49.9 Å². The fourth-order valence-electron chi connectivity index (χ4n) is 8.07. The molecule has 3 nitrogen and oxygen atoms in total. The molecule has 4 heteroatoms. The second-order valence-electron chi connectivity index (χ2n) is 12.4. The van der Waals surface area contributed by atoms with E-state index in [4.69, 9.17) is 4.98 Å². The van der Waals surface area contributed by atoms with Gasteiger partial charge in [-0.05, 0) is 66.8 Å². The van der Waals surface area contributed by atoms with Gasteiger partial charge in [-0.25, -0.2) is 0 Å². The molecule has 0 spiro atoms. The summed E-state index contributed by atoms with van der Waals surface area (Å²) >= 11 is 0. The van der Waals surface area contributed by atoms with Gasteiger partial charge in [-0.2, -0.15) is 0 Å². The normalized spacial score (nSPS) is 16.8. The van der Waals surface area contributed by atoms with E-state index in [2.05, 4.69) is 89.0 Å². The Morgan fingerprint density at radius 2 is 1.36 bits per heavy atom. The Balaban J connectivity index is 0.00000288. The number of para-hydroxylation sites is 3. The first kappa shape index (κ1) is 27.6. The van der Waals surface area contributed by atoms with Crippen molar-refractivity contribution in [2.75, 3.05) is 0 Å². The third kappa shape index (κ3) is 4.46. The quantitative estimate of drug-likeness (QED) is 0.166. The number of fused-ring (bicyclic) bond motifs is 4. The van der Waals surface area contributed by atoms with Crippen molar-refractivity contribution >= 4 is 32.8 Å². The van der Waals surface area contributed by atoms with E-state index in [0.717, 1.165) is 16.9 Å². The minimum Gasteiger partial charge on any atom is -0.342 e. The molecular formula is C38H38IrN3-. The third-order valence-electron chi connectivity index (χ3n) is 10.0. The molecule has 2 saturated carbocycles. The predicted octanol–water partition coefficient (Wildman–Crippen LogP) is 10.2. The number of nitrogens with zero attached hydrogens (tertiary/aromatic N) is 3. The average molecular weight is 729 g/mol. The number of aromatic nitrogens is 3. The zero-order chi connectivity index (χ0) is 27.3. The van der Waals surface area contributed by atoms with Gasteiger partial charge in [-0.3, -0.25) is 4.98 Å². The zero-order valence-electron chi connectivity index (χ0n) is 24.4. The molecule has 0 saturated heterocycles. The molecule has 2 aliphatic rings. The van der Waals surface area contributed by atoms with Crippen molar-refractivity contribution in [1.82, 2.24) is 14.1 Å². The van der Waals surface area contributed by atoms with Crippen LogP contribution in [0.2, 0.25) is 0 Å². The van der Waals surface area contributed by atoms with Crippen molar-refractivity contribution in [3.8, 4) is 17.1 Å². The molecule has 42 heavy (non-hydrogen) atoms. The zero-order valence-corrected chi connectivity index (χ0v) is 26.8. The maximum atomic E-state index is 5.27. The summed E-state index contributed by atoms with van der Waals surface area (Å²) in [6.45, 7) is 0.